The number of carbonyl (C=O) groups excluding carboxylic acids is 1. The van der Waals surface area contributed by atoms with Crippen LogP contribution in [0.5, 0.6) is 0 Å². The Morgan fingerprint density at radius 2 is 1.79 bits per heavy atom. The van der Waals surface area contributed by atoms with Gasteiger partial charge in [0.05, 0.1) is 5.92 Å². The van der Waals surface area contributed by atoms with E-state index in [4.69, 9.17) is 15.0 Å². The van der Waals surface area contributed by atoms with Gasteiger partial charge in [-0.15, -0.1) is 0 Å². The van der Waals surface area contributed by atoms with Crippen LogP contribution in [0.1, 0.15) is 54.4 Å². The SMILES string of the molecule is CCN(CC)C(=O)C1CCCN(c2nc(NCCN(C(C)C)C(C)C)c3ncn(-c4ccccc4)c3n2)C1. The highest BCUT2D eigenvalue weighted by Crippen LogP contribution is 2.28. The molecule has 9 nitrogen and oxygen atoms in total. The first kappa shape index (κ1) is 27.8. The molecule has 0 radical (unpaired) electrons. The molecule has 206 valence electrons. The highest BCUT2D eigenvalue weighted by molar-refractivity contribution is 5.86. The fraction of sp³-hybridized carbons (Fsp3) is 0.586. The Balaban J connectivity index is 1.66. The predicted molar refractivity (Wildman–Crippen MR) is 155 cm³/mol. The molecule has 2 aromatic heterocycles. The fourth-order valence-corrected chi connectivity index (χ4v) is 5.50. The van der Waals surface area contributed by atoms with Crippen molar-refractivity contribution < 1.29 is 4.79 Å². The molecule has 0 spiro atoms. The van der Waals surface area contributed by atoms with Crippen LogP contribution in [0.15, 0.2) is 36.7 Å². The number of aromatic nitrogens is 4. The summed E-state index contributed by atoms with van der Waals surface area (Å²) in [6.07, 6.45) is 3.67. The monoisotopic (exact) mass is 520 g/mol. The van der Waals surface area contributed by atoms with Gasteiger partial charge >= 0.3 is 0 Å². The normalized spacial score (nSPS) is 16.1. The topological polar surface area (TPSA) is 82.4 Å². The van der Waals surface area contributed by atoms with Gasteiger partial charge in [0.2, 0.25) is 11.9 Å². The number of para-hydroxylation sites is 1. The number of fused-ring (bicyclic) bond motifs is 1. The first-order valence-corrected chi connectivity index (χ1v) is 14.2. The van der Waals surface area contributed by atoms with Gasteiger partial charge in [-0.3, -0.25) is 14.3 Å². The van der Waals surface area contributed by atoms with Crippen molar-refractivity contribution >= 4 is 28.8 Å². The largest absolute Gasteiger partial charge is 0.367 e. The van der Waals surface area contributed by atoms with Gasteiger partial charge in [0.15, 0.2) is 17.0 Å². The van der Waals surface area contributed by atoms with Crippen LogP contribution in [-0.4, -0.2) is 86.6 Å². The molecule has 1 aromatic carbocycles. The van der Waals surface area contributed by atoms with E-state index in [0.29, 0.717) is 24.6 Å². The molecule has 4 rings (SSSR count). The van der Waals surface area contributed by atoms with E-state index in [1.165, 1.54) is 0 Å². The number of hydrogen-bond donors (Lipinski definition) is 1. The summed E-state index contributed by atoms with van der Waals surface area (Å²) in [7, 11) is 0. The van der Waals surface area contributed by atoms with Crippen LogP contribution in [0.2, 0.25) is 0 Å². The van der Waals surface area contributed by atoms with Crippen LogP contribution in [0, 0.1) is 5.92 Å². The molecule has 3 heterocycles. The van der Waals surface area contributed by atoms with Crippen molar-refractivity contribution in [2.45, 2.75) is 66.5 Å². The summed E-state index contributed by atoms with van der Waals surface area (Å²) in [5.41, 5.74) is 2.53. The Kier molecular flexibility index (Phi) is 9.20. The zero-order valence-electron chi connectivity index (χ0n) is 23.9. The summed E-state index contributed by atoms with van der Waals surface area (Å²) in [5.74, 6) is 1.59. The molecule has 0 saturated carbocycles. The van der Waals surface area contributed by atoms with Crippen LogP contribution in [0.3, 0.4) is 0 Å². The van der Waals surface area contributed by atoms with Crippen molar-refractivity contribution in [1.29, 1.82) is 0 Å². The maximum atomic E-state index is 13.2. The minimum Gasteiger partial charge on any atom is -0.367 e. The first-order valence-electron chi connectivity index (χ1n) is 14.2. The quantitative estimate of drug-likeness (QED) is 0.400. The number of hydrogen-bond acceptors (Lipinski definition) is 7. The molecule has 1 atom stereocenters. The zero-order valence-corrected chi connectivity index (χ0v) is 23.9. The zero-order chi connectivity index (χ0) is 27.2. The van der Waals surface area contributed by atoms with Gasteiger partial charge in [-0.2, -0.15) is 9.97 Å². The average Bonchev–Trinajstić information content (AvgIpc) is 3.36. The molecule has 1 aliphatic heterocycles. The number of carbonyl (C=O) groups is 1. The minimum absolute atomic E-state index is 0.0379. The molecule has 9 heteroatoms. The van der Waals surface area contributed by atoms with E-state index in [9.17, 15) is 4.79 Å². The van der Waals surface area contributed by atoms with Crippen molar-refractivity contribution in [3.05, 3.63) is 36.7 Å². The van der Waals surface area contributed by atoms with Crippen LogP contribution in [0.4, 0.5) is 11.8 Å². The molecule has 0 aliphatic carbocycles. The van der Waals surface area contributed by atoms with E-state index < -0.39 is 0 Å². The Labute approximate surface area is 227 Å². The standard InChI is InChI=1S/C29H44N8O/c1-7-34(8-2)28(38)23-13-12-17-35(19-23)29-32-26(30-16-18-36(21(3)4)22(5)6)25-27(33-29)37(20-31-25)24-14-10-9-11-15-24/h9-11,14-15,20-23H,7-8,12-13,16-19H2,1-6H3,(H,30,32,33). The minimum atomic E-state index is -0.0379. The van der Waals surface area contributed by atoms with Gasteiger partial charge < -0.3 is 15.1 Å². The third-order valence-electron chi connectivity index (χ3n) is 7.54. The highest BCUT2D eigenvalue weighted by Gasteiger charge is 2.30. The number of amides is 1. The van der Waals surface area contributed by atoms with E-state index in [1.54, 1.807) is 0 Å². The number of imidazole rings is 1. The Hall–Kier alpha value is -3.20. The van der Waals surface area contributed by atoms with Crippen LogP contribution < -0.4 is 10.2 Å². The molecule has 0 bridgehead atoms. The van der Waals surface area contributed by atoms with Gasteiger partial charge in [0.1, 0.15) is 6.33 Å². The van der Waals surface area contributed by atoms with Crippen molar-refractivity contribution in [1.82, 2.24) is 29.3 Å². The van der Waals surface area contributed by atoms with Crippen molar-refractivity contribution in [2.24, 2.45) is 5.92 Å². The molecule has 1 aliphatic rings. The second-order valence-electron chi connectivity index (χ2n) is 10.6. The molecule has 1 saturated heterocycles. The van der Waals surface area contributed by atoms with Gasteiger partial charge in [-0.05, 0) is 66.5 Å². The number of anilines is 2. The Bertz CT molecular complexity index is 1180. The van der Waals surface area contributed by atoms with E-state index in [-0.39, 0.29) is 11.8 Å². The maximum Gasteiger partial charge on any atom is 0.229 e. The Morgan fingerprint density at radius 1 is 1.08 bits per heavy atom. The number of rotatable bonds is 11. The van der Waals surface area contributed by atoms with E-state index >= 15 is 0 Å². The lowest BCUT2D eigenvalue weighted by molar-refractivity contribution is -0.135. The molecule has 3 aromatic rings. The predicted octanol–water partition coefficient (Wildman–Crippen LogP) is 4.43. The summed E-state index contributed by atoms with van der Waals surface area (Å²) in [6, 6.07) is 11.1. The van der Waals surface area contributed by atoms with Gasteiger partial charge in [-0.1, -0.05) is 18.2 Å². The van der Waals surface area contributed by atoms with Gasteiger partial charge in [0, 0.05) is 57.0 Å². The van der Waals surface area contributed by atoms with Gasteiger partial charge in [0.25, 0.3) is 0 Å². The van der Waals surface area contributed by atoms with E-state index in [2.05, 4.69) is 54.9 Å². The summed E-state index contributed by atoms with van der Waals surface area (Å²) in [4.78, 5) is 34.4. The van der Waals surface area contributed by atoms with Crippen LogP contribution in [0.25, 0.3) is 16.9 Å². The maximum absolute atomic E-state index is 13.2. The number of nitrogens with one attached hydrogen (secondary N) is 1. The molecule has 1 amide bonds. The second kappa shape index (κ2) is 12.6. The lowest BCUT2D eigenvalue weighted by atomic mass is 9.96. The molecule has 1 fully saturated rings. The molecule has 38 heavy (non-hydrogen) atoms. The third-order valence-corrected chi connectivity index (χ3v) is 7.54. The fourth-order valence-electron chi connectivity index (χ4n) is 5.50. The summed E-state index contributed by atoms with van der Waals surface area (Å²) < 4.78 is 2.02. The Morgan fingerprint density at radius 3 is 2.45 bits per heavy atom. The van der Waals surface area contributed by atoms with Crippen molar-refractivity contribution in [3.63, 3.8) is 0 Å². The van der Waals surface area contributed by atoms with Crippen molar-refractivity contribution in [3.8, 4) is 5.69 Å². The van der Waals surface area contributed by atoms with Gasteiger partial charge in [-0.25, -0.2) is 4.98 Å². The second-order valence-corrected chi connectivity index (χ2v) is 10.6. The smallest absolute Gasteiger partial charge is 0.229 e. The molecule has 1 unspecified atom stereocenters. The first-order chi connectivity index (χ1) is 18.3. The lowest BCUT2D eigenvalue weighted by Gasteiger charge is -2.34. The lowest BCUT2D eigenvalue weighted by Crippen LogP contribution is -2.45. The molecular weight excluding hydrogens is 476 g/mol. The highest BCUT2D eigenvalue weighted by atomic mass is 16.2. The van der Waals surface area contributed by atoms with E-state index in [0.717, 1.165) is 68.2 Å². The average molecular weight is 521 g/mol. The summed E-state index contributed by atoms with van der Waals surface area (Å²) in [5, 5.41) is 3.57. The van der Waals surface area contributed by atoms with Crippen LogP contribution >= 0.6 is 0 Å². The third kappa shape index (κ3) is 6.09. The van der Waals surface area contributed by atoms with Crippen molar-refractivity contribution in [2.75, 3.05) is 49.5 Å². The van der Waals surface area contributed by atoms with Crippen LogP contribution in [-0.2, 0) is 4.79 Å². The summed E-state index contributed by atoms with van der Waals surface area (Å²) in [6.45, 7) is 17.6. The molecule has 1 N–H and O–H groups in total. The van der Waals surface area contributed by atoms with E-state index in [1.807, 2.05) is 47.8 Å². The number of nitrogens with zero attached hydrogens (tertiary/aromatic N) is 7. The summed E-state index contributed by atoms with van der Waals surface area (Å²) >= 11 is 0. The molecular formula is C29H44N8O. The number of benzene rings is 1. The number of piperidine rings is 1.